The lowest BCUT2D eigenvalue weighted by Gasteiger charge is -2.37. The number of hydrogen-bond acceptors (Lipinski definition) is 2. The van der Waals surface area contributed by atoms with E-state index in [0.29, 0.717) is 12.2 Å². The summed E-state index contributed by atoms with van der Waals surface area (Å²) in [5, 5.41) is 0. The standard InChI is InChI=1S/C15H29NO/c1-2-3-4-5-6-7-8-10-14(17)13-15(16)11-9-12-15/h2-13,16H2,1H3. The predicted octanol–water partition coefficient (Wildman–Crippen LogP) is 3.97. The topological polar surface area (TPSA) is 43.1 Å². The van der Waals surface area contributed by atoms with Gasteiger partial charge in [0.2, 0.25) is 0 Å². The Morgan fingerprint density at radius 3 is 2.18 bits per heavy atom. The third-order valence-electron chi connectivity index (χ3n) is 3.96. The Kier molecular flexibility index (Phi) is 6.79. The van der Waals surface area contributed by atoms with Gasteiger partial charge in [-0.15, -0.1) is 0 Å². The Bertz CT molecular complexity index is 221. The summed E-state index contributed by atoms with van der Waals surface area (Å²) in [5.41, 5.74) is 5.96. The highest BCUT2D eigenvalue weighted by molar-refractivity contribution is 5.79. The molecule has 0 aromatic heterocycles. The second-order valence-electron chi connectivity index (χ2n) is 5.80. The van der Waals surface area contributed by atoms with Crippen molar-refractivity contribution in [2.75, 3.05) is 0 Å². The highest BCUT2D eigenvalue weighted by Crippen LogP contribution is 2.32. The van der Waals surface area contributed by atoms with Crippen LogP contribution in [0.2, 0.25) is 0 Å². The van der Waals surface area contributed by atoms with E-state index in [1.165, 1.54) is 44.9 Å². The van der Waals surface area contributed by atoms with E-state index in [-0.39, 0.29) is 5.54 Å². The third kappa shape index (κ3) is 6.21. The molecule has 0 amide bonds. The number of unbranched alkanes of at least 4 members (excludes halogenated alkanes) is 6. The summed E-state index contributed by atoms with van der Waals surface area (Å²) in [6, 6.07) is 0. The van der Waals surface area contributed by atoms with Gasteiger partial charge in [0.15, 0.2) is 0 Å². The van der Waals surface area contributed by atoms with Crippen molar-refractivity contribution < 1.29 is 4.79 Å². The normalized spacial score (nSPS) is 17.8. The van der Waals surface area contributed by atoms with E-state index in [1.54, 1.807) is 0 Å². The number of ketones is 1. The maximum absolute atomic E-state index is 11.7. The molecule has 1 aliphatic rings. The minimum Gasteiger partial charge on any atom is -0.325 e. The first-order valence-electron chi connectivity index (χ1n) is 7.47. The van der Waals surface area contributed by atoms with E-state index in [4.69, 9.17) is 5.73 Å². The Balaban J connectivity index is 1.90. The first-order valence-corrected chi connectivity index (χ1v) is 7.47. The van der Waals surface area contributed by atoms with Crippen LogP contribution in [0.25, 0.3) is 0 Å². The summed E-state index contributed by atoms with van der Waals surface area (Å²) in [5.74, 6) is 0.390. The van der Waals surface area contributed by atoms with Gasteiger partial charge in [-0.2, -0.15) is 0 Å². The molecule has 0 aromatic rings. The molecule has 2 nitrogen and oxygen atoms in total. The molecular formula is C15H29NO. The molecule has 17 heavy (non-hydrogen) atoms. The highest BCUT2D eigenvalue weighted by atomic mass is 16.1. The van der Waals surface area contributed by atoms with E-state index in [2.05, 4.69) is 6.92 Å². The molecule has 1 rings (SSSR count). The first kappa shape index (κ1) is 14.7. The minimum absolute atomic E-state index is 0.113. The monoisotopic (exact) mass is 239 g/mol. The maximum Gasteiger partial charge on any atom is 0.134 e. The van der Waals surface area contributed by atoms with Gasteiger partial charge in [-0.05, 0) is 25.7 Å². The summed E-state index contributed by atoms with van der Waals surface area (Å²) in [7, 11) is 0. The SMILES string of the molecule is CCCCCCCCCC(=O)CC1(N)CCC1. The van der Waals surface area contributed by atoms with Crippen LogP contribution in [0.3, 0.4) is 0 Å². The van der Waals surface area contributed by atoms with Crippen LogP contribution in [0.1, 0.15) is 84.0 Å². The molecule has 0 atom stereocenters. The van der Waals surface area contributed by atoms with E-state index < -0.39 is 0 Å². The van der Waals surface area contributed by atoms with Crippen LogP contribution in [0.4, 0.5) is 0 Å². The van der Waals surface area contributed by atoms with Crippen molar-refractivity contribution in [3.05, 3.63) is 0 Å². The first-order chi connectivity index (χ1) is 8.16. The Labute approximate surface area is 106 Å². The van der Waals surface area contributed by atoms with Crippen LogP contribution < -0.4 is 5.73 Å². The second-order valence-corrected chi connectivity index (χ2v) is 5.80. The van der Waals surface area contributed by atoms with Crippen molar-refractivity contribution in [1.29, 1.82) is 0 Å². The van der Waals surface area contributed by atoms with Crippen LogP contribution in [0, 0.1) is 0 Å². The molecule has 0 bridgehead atoms. The van der Waals surface area contributed by atoms with Gasteiger partial charge in [-0.3, -0.25) is 4.79 Å². The largest absolute Gasteiger partial charge is 0.325 e. The zero-order valence-electron chi connectivity index (χ0n) is 11.5. The molecule has 0 aromatic carbocycles. The Hall–Kier alpha value is -0.370. The van der Waals surface area contributed by atoms with Crippen molar-refractivity contribution in [3.8, 4) is 0 Å². The average molecular weight is 239 g/mol. The summed E-state index contributed by atoms with van der Waals surface area (Å²) < 4.78 is 0. The molecule has 0 unspecified atom stereocenters. The van der Waals surface area contributed by atoms with Crippen molar-refractivity contribution in [2.24, 2.45) is 5.73 Å². The molecule has 2 N–H and O–H groups in total. The van der Waals surface area contributed by atoms with Gasteiger partial charge in [0, 0.05) is 18.4 Å². The maximum atomic E-state index is 11.7. The zero-order valence-corrected chi connectivity index (χ0v) is 11.5. The summed E-state index contributed by atoms with van der Waals surface area (Å²) in [6.07, 6.45) is 13.6. The third-order valence-corrected chi connectivity index (χ3v) is 3.96. The molecule has 0 heterocycles. The second kappa shape index (κ2) is 7.86. The van der Waals surface area contributed by atoms with Gasteiger partial charge in [0.1, 0.15) is 5.78 Å². The Morgan fingerprint density at radius 2 is 1.65 bits per heavy atom. The van der Waals surface area contributed by atoms with Crippen LogP contribution in [0.15, 0.2) is 0 Å². The van der Waals surface area contributed by atoms with Gasteiger partial charge in [-0.25, -0.2) is 0 Å². The van der Waals surface area contributed by atoms with E-state index in [9.17, 15) is 4.79 Å². The molecule has 1 fully saturated rings. The predicted molar refractivity (Wildman–Crippen MR) is 73.0 cm³/mol. The average Bonchev–Trinajstić information content (AvgIpc) is 2.26. The number of rotatable bonds is 10. The lowest BCUT2D eigenvalue weighted by atomic mass is 9.74. The van der Waals surface area contributed by atoms with Gasteiger partial charge in [-0.1, -0.05) is 45.4 Å². The molecule has 1 aliphatic carbocycles. The van der Waals surface area contributed by atoms with Crippen molar-refractivity contribution in [2.45, 2.75) is 89.5 Å². The summed E-state index contributed by atoms with van der Waals surface area (Å²) >= 11 is 0. The number of carbonyl (C=O) groups is 1. The van der Waals surface area contributed by atoms with Gasteiger partial charge < -0.3 is 5.73 Å². The minimum atomic E-state index is -0.113. The fourth-order valence-corrected chi connectivity index (χ4v) is 2.57. The fraction of sp³-hybridized carbons (Fsp3) is 0.933. The van der Waals surface area contributed by atoms with Crippen LogP contribution in [-0.2, 0) is 4.79 Å². The molecule has 1 saturated carbocycles. The van der Waals surface area contributed by atoms with E-state index >= 15 is 0 Å². The number of Topliss-reactive ketones (excluding diaryl/α,β-unsaturated/α-hetero) is 1. The van der Waals surface area contributed by atoms with Crippen molar-refractivity contribution in [1.82, 2.24) is 0 Å². The molecule has 0 radical (unpaired) electrons. The van der Waals surface area contributed by atoms with Gasteiger partial charge >= 0.3 is 0 Å². The number of hydrogen-bond donors (Lipinski definition) is 1. The molecule has 0 aliphatic heterocycles. The molecule has 0 saturated heterocycles. The molecule has 0 spiro atoms. The number of carbonyl (C=O) groups excluding carboxylic acids is 1. The van der Waals surface area contributed by atoms with Crippen LogP contribution >= 0.6 is 0 Å². The fourth-order valence-electron chi connectivity index (χ4n) is 2.57. The van der Waals surface area contributed by atoms with Gasteiger partial charge in [0.25, 0.3) is 0 Å². The molecule has 100 valence electrons. The van der Waals surface area contributed by atoms with Crippen LogP contribution in [-0.4, -0.2) is 11.3 Å². The van der Waals surface area contributed by atoms with Gasteiger partial charge in [0.05, 0.1) is 0 Å². The smallest absolute Gasteiger partial charge is 0.134 e. The molecular weight excluding hydrogens is 210 g/mol. The van der Waals surface area contributed by atoms with Crippen molar-refractivity contribution in [3.63, 3.8) is 0 Å². The summed E-state index contributed by atoms with van der Waals surface area (Å²) in [4.78, 5) is 11.7. The van der Waals surface area contributed by atoms with E-state index in [0.717, 1.165) is 25.7 Å². The lowest BCUT2D eigenvalue weighted by Crippen LogP contribution is -2.48. The number of nitrogens with two attached hydrogens (primary N) is 1. The zero-order chi connectivity index (χ0) is 12.6. The van der Waals surface area contributed by atoms with E-state index in [1.807, 2.05) is 0 Å². The van der Waals surface area contributed by atoms with Crippen LogP contribution in [0.5, 0.6) is 0 Å². The van der Waals surface area contributed by atoms with Crippen molar-refractivity contribution >= 4 is 5.78 Å². The molecule has 2 heteroatoms. The lowest BCUT2D eigenvalue weighted by molar-refractivity contribution is -0.121. The Morgan fingerprint density at radius 1 is 1.06 bits per heavy atom. The highest BCUT2D eigenvalue weighted by Gasteiger charge is 2.34. The quantitative estimate of drug-likeness (QED) is 0.586. The summed E-state index contributed by atoms with van der Waals surface area (Å²) in [6.45, 7) is 2.24.